The highest BCUT2D eigenvalue weighted by Gasteiger charge is 2.30. The zero-order chi connectivity index (χ0) is 18.0. The van der Waals surface area contributed by atoms with Crippen LogP contribution in [0.5, 0.6) is 0 Å². The topological polar surface area (TPSA) is 45.7 Å². The molecule has 0 amide bonds. The number of methoxy groups -OCH3 is 1. The van der Waals surface area contributed by atoms with Crippen LogP contribution in [0.25, 0.3) is 0 Å². The Bertz CT molecular complexity index is 524. The highest BCUT2D eigenvalue weighted by molar-refractivity contribution is 14.0. The van der Waals surface area contributed by atoms with E-state index < -0.39 is 11.7 Å². The molecule has 4 nitrogen and oxygen atoms in total. The Hall–Kier alpha value is -1.03. The van der Waals surface area contributed by atoms with E-state index in [1.54, 1.807) is 20.2 Å². The number of alkyl halides is 3. The average molecular weight is 473 g/mol. The second-order valence-corrected chi connectivity index (χ2v) is 5.59. The maximum atomic E-state index is 12.8. The molecule has 0 aliphatic carbocycles. The number of nitrogens with one attached hydrogen (secondary N) is 2. The van der Waals surface area contributed by atoms with E-state index >= 15 is 0 Å². The number of nitrogens with zero attached hydrogens (tertiary/aromatic N) is 1. The van der Waals surface area contributed by atoms with Crippen LogP contribution >= 0.6 is 24.0 Å². The third kappa shape index (κ3) is 9.29. The van der Waals surface area contributed by atoms with Crippen molar-refractivity contribution >= 4 is 29.9 Å². The summed E-state index contributed by atoms with van der Waals surface area (Å²) >= 11 is 0. The molecular formula is C17H27F3IN3O. The molecule has 0 saturated heterocycles. The fourth-order valence-electron chi connectivity index (χ4n) is 2.24. The van der Waals surface area contributed by atoms with Gasteiger partial charge in [0.25, 0.3) is 0 Å². The van der Waals surface area contributed by atoms with Crippen LogP contribution in [-0.4, -0.2) is 39.8 Å². The Morgan fingerprint density at radius 2 is 1.92 bits per heavy atom. The zero-order valence-corrected chi connectivity index (χ0v) is 17.2. The van der Waals surface area contributed by atoms with Crippen LogP contribution in [0.2, 0.25) is 0 Å². The van der Waals surface area contributed by atoms with E-state index in [4.69, 9.17) is 4.74 Å². The molecule has 0 spiro atoms. The Kier molecular flexibility index (Phi) is 11.8. The largest absolute Gasteiger partial charge is 0.416 e. The van der Waals surface area contributed by atoms with Crippen LogP contribution in [0.3, 0.4) is 0 Å². The first-order chi connectivity index (χ1) is 11.4. The third-order valence-corrected chi connectivity index (χ3v) is 3.69. The SMILES string of the molecule is CN=C(NCCCOC)NCCC(C)c1cccc(C(F)(F)F)c1.I. The van der Waals surface area contributed by atoms with Gasteiger partial charge < -0.3 is 15.4 Å². The Morgan fingerprint density at radius 1 is 1.24 bits per heavy atom. The summed E-state index contributed by atoms with van der Waals surface area (Å²) in [5.74, 6) is 0.703. The molecule has 25 heavy (non-hydrogen) atoms. The lowest BCUT2D eigenvalue weighted by Crippen LogP contribution is -2.38. The lowest BCUT2D eigenvalue weighted by Gasteiger charge is -2.16. The number of halogens is 4. The van der Waals surface area contributed by atoms with E-state index in [9.17, 15) is 13.2 Å². The van der Waals surface area contributed by atoms with Gasteiger partial charge in [0.2, 0.25) is 0 Å². The maximum Gasteiger partial charge on any atom is 0.416 e. The maximum absolute atomic E-state index is 12.8. The minimum absolute atomic E-state index is 0. The lowest BCUT2D eigenvalue weighted by atomic mass is 9.96. The second kappa shape index (κ2) is 12.3. The molecule has 8 heteroatoms. The van der Waals surface area contributed by atoms with Crippen LogP contribution in [0, 0.1) is 0 Å². The van der Waals surface area contributed by atoms with Gasteiger partial charge in [0.05, 0.1) is 5.56 Å². The number of hydrogen-bond acceptors (Lipinski definition) is 2. The minimum atomic E-state index is -4.30. The van der Waals surface area contributed by atoms with Crippen LogP contribution in [0.4, 0.5) is 13.2 Å². The van der Waals surface area contributed by atoms with E-state index in [0.29, 0.717) is 31.1 Å². The first-order valence-corrected chi connectivity index (χ1v) is 7.99. The molecule has 2 N–H and O–H groups in total. The van der Waals surface area contributed by atoms with Gasteiger partial charge >= 0.3 is 6.18 Å². The van der Waals surface area contributed by atoms with Crippen molar-refractivity contribution in [2.24, 2.45) is 4.99 Å². The molecule has 0 fully saturated rings. The molecule has 0 saturated carbocycles. The summed E-state index contributed by atoms with van der Waals surface area (Å²) in [6, 6.07) is 5.51. The molecule has 1 unspecified atom stereocenters. The summed E-state index contributed by atoms with van der Waals surface area (Å²) in [5, 5.41) is 6.32. The van der Waals surface area contributed by atoms with Crippen LogP contribution < -0.4 is 10.6 Å². The number of ether oxygens (including phenoxy) is 1. The van der Waals surface area contributed by atoms with Crippen molar-refractivity contribution < 1.29 is 17.9 Å². The van der Waals surface area contributed by atoms with Crippen molar-refractivity contribution in [3.05, 3.63) is 35.4 Å². The normalized spacial score (nSPS) is 13.1. The van der Waals surface area contributed by atoms with Crippen molar-refractivity contribution in [3.8, 4) is 0 Å². The highest BCUT2D eigenvalue weighted by Crippen LogP contribution is 2.31. The first kappa shape index (κ1) is 24.0. The summed E-state index contributed by atoms with van der Waals surface area (Å²) in [7, 11) is 3.34. The van der Waals surface area contributed by atoms with Crippen molar-refractivity contribution in [1.29, 1.82) is 0 Å². The van der Waals surface area contributed by atoms with E-state index in [2.05, 4.69) is 15.6 Å². The molecule has 1 aromatic carbocycles. The first-order valence-electron chi connectivity index (χ1n) is 7.99. The number of benzene rings is 1. The Labute approximate surface area is 164 Å². The number of guanidine groups is 1. The van der Waals surface area contributed by atoms with E-state index in [1.807, 2.05) is 6.92 Å². The summed E-state index contributed by atoms with van der Waals surface area (Å²) in [5.41, 5.74) is 0.0881. The fourth-order valence-corrected chi connectivity index (χ4v) is 2.24. The molecule has 0 heterocycles. The van der Waals surface area contributed by atoms with Crippen molar-refractivity contribution in [2.75, 3.05) is 33.9 Å². The van der Waals surface area contributed by atoms with Crippen LogP contribution in [0.15, 0.2) is 29.3 Å². The molecule has 0 aliphatic rings. The molecular weight excluding hydrogens is 446 g/mol. The van der Waals surface area contributed by atoms with Gasteiger partial charge in [-0.25, -0.2) is 0 Å². The number of aliphatic imine (C=N–C) groups is 1. The van der Waals surface area contributed by atoms with E-state index in [0.717, 1.165) is 19.0 Å². The summed E-state index contributed by atoms with van der Waals surface area (Å²) in [6.07, 6.45) is -2.72. The second-order valence-electron chi connectivity index (χ2n) is 5.59. The van der Waals surface area contributed by atoms with Gasteiger partial charge in [0.15, 0.2) is 5.96 Å². The molecule has 0 aromatic heterocycles. The Balaban J connectivity index is 0.00000576. The predicted molar refractivity (Wildman–Crippen MR) is 106 cm³/mol. The molecule has 144 valence electrons. The standard InChI is InChI=1S/C17H26F3N3O.HI/c1-13(14-6-4-7-15(12-14)17(18,19)20)8-10-23-16(21-2)22-9-5-11-24-3;/h4,6-7,12-13H,5,8-11H2,1-3H3,(H2,21,22,23);1H. The van der Waals surface area contributed by atoms with E-state index in [1.165, 1.54) is 12.1 Å². The number of rotatable bonds is 8. The predicted octanol–water partition coefficient (Wildman–Crippen LogP) is 4.02. The lowest BCUT2D eigenvalue weighted by molar-refractivity contribution is -0.137. The van der Waals surface area contributed by atoms with Crippen molar-refractivity contribution in [1.82, 2.24) is 10.6 Å². The van der Waals surface area contributed by atoms with Gasteiger partial charge in [-0.15, -0.1) is 24.0 Å². The molecule has 0 radical (unpaired) electrons. The van der Waals surface area contributed by atoms with Gasteiger partial charge in [-0.1, -0.05) is 25.1 Å². The average Bonchev–Trinajstić information content (AvgIpc) is 2.56. The van der Waals surface area contributed by atoms with E-state index in [-0.39, 0.29) is 29.9 Å². The van der Waals surface area contributed by atoms with Gasteiger partial charge in [-0.05, 0) is 30.4 Å². The van der Waals surface area contributed by atoms with Gasteiger partial charge in [-0.2, -0.15) is 13.2 Å². The van der Waals surface area contributed by atoms with Gasteiger partial charge in [-0.3, -0.25) is 4.99 Å². The summed E-state index contributed by atoms with van der Waals surface area (Å²) < 4.78 is 43.3. The van der Waals surface area contributed by atoms with Gasteiger partial charge in [0.1, 0.15) is 0 Å². The van der Waals surface area contributed by atoms with Gasteiger partial charge in [0, 0.05) is 33.9 Å². The Morgan fingerprint density at radius 3 is 2.52 bits per heavy atom. The molecule has 0 aliphatic heterocycles. The minimum Gasteiger partial charge on any atom is -0.385 e. The quantitative estimate of drug-likeness (QED) is 0.260. The molecule has 1 rings (SSSR count). The zero-order valence-electron chi connectivity index (χ0n) is 14.8. The van der Waals surface area contributed by atoms with Crippen molar-refractivity contribution in [3.63, 3.8) is 0 Å². The van der Waals surface area contributed by atoms with Crippen LogP contribution in [-0.2, 0) is 10.9 Å². The molecule has 1 atom stereocenters. The number of hydrogen-bond donors (Lipinski definition) is 2. The highest BCUT2D eigenvalue weighted by atomic mass is 127. The monoisotopic (exact) mass is 473 g/mol. The summed E-state index contributed by atoms with van der Waals surface area (Å²) in [4.78, 5) is 4.11. The molecule has 0 bridgehead atoms. The van der Waals surface area contributed by atoms with Crippen molar-refractivity contribution in [2.45, 2.75) is 31.9 Å². The fraction of sp³-hybridized carbons (Fsp3) is 0.588. The summed E-state index contributed by atoms with van der Waals surface area (Å²) in [6.45, 7) is 3.97. The smallest absolute Gasteiger partial charge is 0.385 e. The van der Waals surface area contributed by atoms with Crippen LogP contribution in [0.1, 0.15) is 36.8 Å². The molecule has 1 aromatic rings. The third-order valence-electron chi connectivity index (χ3n) is 3.69.